The number of carbonyl (C=O) groups is 1. The van der Waals surface area contributed by atoms with Gasteiger partial charge < -0.3 is 15.7 Å². The lowest BCUT2D eigenvalue weighted by Crippen LogP contribution is -2.51. The molecule has 1 saturated heterocycles. The topological polar surface area (TPSA) is 69.8 Å². The van der Waals surface area contributed by atoms with Crippen molar-refractivity contribution >= 4 is 5.91 Å². The number of carbonyl (C=O) groups excluding carboxylic acids is 1. The Bertz CT molecular complexity index is 456. The van der Waals surface area contributed by atoms with Crippen molar-refractivity contribution in [2.45, 2.75) is 13.0 Å². The normalized spacial score (nSPS) is 18.1. The van der Waals surface area contributed by atoms with Gasteiger partial charge in [-0.2, -0.15) is 0 Å². The van der Waals surface area contributed by atoms with E-state index in [0.717, 1.165) is 24.2 Å². The molecule has 3 N–H and O–H groups in total. The number of benzene rings is 1. The molecule has 0 bridgehead atoms. The van der Waals surface area contributed by atoms with Gasteiger partial charge in [-0.3, -0.25) is 9.69 Å². The third-order valence-corrected chi connectivity index (χ3v) is 3.78. The van der Waals surface area contributed by atoms with E-state index in [1.807, 2.05) is 36.1 Å². The van der Waals surface area contributed by atoms with E-state index in [2.05, 4.69) is 4.90 Å². The number of piperazine rings is 1. The Labute approximate surface area is 120 Å². The Balaban J connectivity index is 1.91. The second kappa shape index (κ2) is 6.83. The molecule has 1 atom stereocenters. The zero-order valence-corrected chi connectivity index (χ0v) is 12.0. The predicted octanol–water partition coefficient (Wildman–Crippen LogP) is 0.0724. The van der Waals surface area contributed by atoms with Gasteiger partial charge in [0.05, 0.1) is 6.10 Å². The van der Waals surface area contributed by atoms with Gasteiger partial charge >= 0.3 is 0 Å². The van der Waals surface area contributed by atoms with Crippen LogP contribution < -0.4 is 5.73 Å². The minimum atomic E-state index is -0.478. The molecule has 1 heterocycles. The summed E-state index contributed by atoms with van der Waals surface area (Å²) in [6.45, 7) is 5.80. The molecule has 0 spiro atoms. The standard InChI is InChI=1S/C15H23N3O2/c1-12-4-2-3-5-14(12)15(20)18-8-6-17(7-9-18)11-13(19)10-16/h2-5,13,19H,6-11,16H2,1H3. The van der Waals surface area contributed by atoms with Gasteiger partial charge in [-0.25, -0.2) is 0 Å². The van der Waals surface area contributed by atoms with Gasteiger partial charge in [0.25, 0.3) is 5.91 Å². The quantitative estimate of drug-likeness (QED) is 0.817. The van der Waals surface area contributed by atoms with Crippen molar-refractivity contribution in [2.24, 2.45) is 5.73 Å². The first-order chi connectivity index (χ1) is 9.61. The van der Waals surface area contributed by atoms with Crippen molar-refractivity contribution in [1.29, 1.82) is 0 Å². The molecule has 110 valence electrons. The molecule has 1 aliphatic heterocycles. The van der Waals surface area contributed by atoms with Crippen LogP contribution in [0.1, 0.15) is 15.9 Å². The van der Waals surface area contributed by atoms with Crippen LogP contribution >= 0.6 is 0 Å². The van der Waals surface area contributed by atoms with Crippen LogP contribution in [0.3, 0.4) is 0 Å². The Morgan fingerprint density at radius 1 is 1.30 bits per heavy atom. The lowest BCUT2D eigenvalue weighted by molar-refractivity contribution is 0.0541. The lowest BCUT2D eigenvalue weighted by atomic mass is 10.1. The molecule has 5 heteroatoms. The molecule has 0 aromatic heterocycles. The number of aliphatic hydroxyl groups excluding tert-OH is 1. The van der Waals surface area contributed by atoms with Crippen molar-refractivity contribution in [3.63, 3.8) is 0 Å². The number of nitrogens with two attached hydrogens (primary N) is 1. The first-order valence-corrected chi connectivity index (χ1v) is 7.07. The summed E-state index contributed by atoms with van der Waals surface area (Å²) in [6.07, 6.45) is -0.478. The largest absolute Gasteiger partial charge is 0.390 e. The van der Waals surface area contributed by atoms with Crippen LogP contribution in [0.2, 0.25) is 0 Å². The molecule has 1 aromatic carbocycles. The second-order valence-electron chi connectivity index (χ2n) is 5.30. The van der Waals surface area contributed by atoms with Crippen LogP contribution in [0.5, 0.6) is 0 Å². The number of nitrogens with zero attached hydrogens (tertiary/aromatic N) is 2. The molecule has 20 heavy (non-hydrogen) atoms. The fourth-order valence-corrected chi connectivity index (χ4v) is 2.49. The molecular weight excluding hydrogens is 254 g/mol. The zero-order chi connectivity index (χ0) is 14.5. The summed E-state index contributed by atoms with van der Waals surface area (Å²) in [5, 5.41) is 9.55. The summed E-state index contributed by atoms with van der Waals surface area (Å²) in [5.74, 6) is 0.0992. The summed E-state index contributed by atoms with van der Waals surface area (Å²) in [4.78, 5) is 16.5. The Hall–Kier alpha value is -1.43. The maximum atomic E-state index is 12.4. The minimum absolute atomic E-state index is 0.0992. The summed E-state index contributed by atoms with van der Waals surface area (Å²) < 4.78 is 0. The third-order valence-electron chi connectivity index (χ3n) is 3.78. The van der Waals surface area contributed by atoms with Crippen molar-refractivity contribution < 1.29 is 9.90 Å². The Morgan fingerprint density at radius 2 is 1.95 bits per heavy atom. The van der Waals surface area contributed by atoms with Gasteiger partial charge in [-0.15, -0.1) is 0 Å². The van der Waals surface area contributed by atoms with Crippen molar-refractivity contribution in [3.05, 3.63) is 35.4 Å². The molecule has 1 amide bonds. The third kappa shape index (κ3) is 3.56. The number of hydrogen-bond acceptors (Lipinski definition) is 4. The van der Waals surface area contributed by atoms with Crippen LogP contribution in [-0.2, 0) is 0 Å². The van der Waals surface area contributed by atoms with E-state index < -0.39 is 6.10 Å². The average molecular weight is 277 g/mol. The van der Waals surface area contributed by atoms with E-state index >= 15 is 0 Å². The van der Waals surface area contributed by atoms with Crippen LogP contribution in [-0.4, -0.2) is 66.2 Å². The number of rotatable bonds is 4. The van der Waals surface area contributed by atoms with E-state index in [0.29, 0.717) is 19.6 Å². The van der Waals surface area contributed by atoms with E-state index in [1.54, 1.807) is 0 Å². The Morgan fingerprint density at radius 3 is 2.55 bits per heavy atom. The predicted molar refractivity (Wildman–Crippen MR) is 78.6 cm³/mol. The minimum Gasteiger partial charge on any atom is -0.390 e. The van der Waals surface area contributed by atoms with Gasteiger partial charge in [-0.1, -0.05) is 18.2 Å². The van der Waals surface area contributed by atoms with Crippen LogP contribution in [0.15, 0.2) is 24.3 Å². The van der Waals surface area contributed by atoms with Crippen molar-refractivity contribution in [1.82, 2.24) is 9.80 Å². The molecule has 0 saturated carbocycles. The highest BCUT2D eigenvalue weighted by atomic mass is 16.3. The highest BCUT2D eigenvalue weighted by Gasteiger charge is 2.23. The van der Waals surface area contributed by atoms with Crippen molar-refractivity contribution in [2.75, 3.05) is 39.3 Å². The summed E-state index contributed by atoms with van der Waals surface area (Å²) >= 11 is 0. The molecule has 5 nitrogen and oxygen atoms in total. The van der Waals surface area contributed by atoms with Gasteiger partial charge in [0.15, 0.2) is 0 Å². The maximum Gasteiger partial charge on any atom is 0.254 e. The monoisotopic (exact) mass is 277 g/mol. The fourth-order valence-electron chi connectivity index (χ4n) is 2.49. The molecule has 0 radical (unpaired) electrons. The number of aryl methyl sites for hydroxylation is 1. The molecule has 2 rings (SSSR count). The smallest absolute Gasteiger partial charge is 0.254 e. The van der Waals surface area contributed by atoms with Gasteiger partial charge in [-0.05, 0) is 18.6 Å². The van der Waals surface area contributed by atoms with Crippen LogP contribution in [0, 0.1) is 6.92 Å². The highest BCUT2D eigenvalue weighted by molar-refractivity contribution is 5.95. The molecule has 1 aromatic rings. The van der Waals surface area contributed by atoms with E-state index in [4.69, 9.17) is 5.73 Å². The number of hydrogen-bond donors (Lipinski definition) is 2. The fraction of sp³-hybridized carbons (Fsp3) is 0.533. The number of β-amino-alcohol motifs (C(OH)–C–C–N with tert-alkyl or cyclic N) is 1. The first kappa shape index (κ1) is 15.0. The maximum absolute atomic E-state index is 12.4. The van der Waals surface area contributed by atoms with Gasteiger partial charge in [0.2, 0.25) is 0 Å². The molecule has 1 aliphatic rings. The molecule has 1 unspecified atom stereocenters. The SMILES string of the molecule is Cc1ccccc1C(=O)N1CCN(CC(O)CN)CC1. The summed E-state index contributed by atoms with van der Waals surface area (Å²) in [7, 11) is 0. The number of aliphatic hydroxyl groups is 1. The van der Waals surface area contributed by atoms with E-state index in [-0.39, 0.29) is 12.5 Å². The molecular formula is C15H23N3O2. The highest BCUT2D eigenvalue weighted by Crippen LogP contribution is 2.12. The van der Waals surface area contributed by atoms with Gasteiger partial charge in [0, 0.05) is 44.8 Å². The summed E-state index contributed by atoms with van der Waals surface area (Å²) in [6, 6.07) is 7.68. The van der Waals surface area contributed by atoms with E-state index in [9.17, 15) is 9.90 Å². The second-order valence-corrected chi connectivity index (χ2v) is 5.30. The van der Waals surface area contributed by atoms with Crippen molar-refractivity contribution in [3.8, 4) is 0 Å². The summed E-state index contributed by atoms with van der Waals surface area (Å²) in [5.41, 5.74) is 7.21. The average Bonchev–Trinajstić information content (AvgIpc) is 2.47. The lowest BCUT2D eigenvalue weighted by Gasteiger charge is -2.35. The zero-order valence-electron chi connectivity index (χ0n) is 12.0. The van der Waals surface area contributed by atoms with Crippen LogP contribution in [0.4, 0.5) is 0 Å². The first-order valence-electron chi connectivity index (χ1n) is 7.07. The molecule has 0 aliphatic carbocycles. The Kier molecular flexibility index (Phi) is 5.11. The van der Waals surface area contributed by atoms with E-state index in [1.165, 1.54) is 0 Å². The van der Waals surface area contributed by atoms with Gasteiger partial charge in [0.1, 0.15) is 0 Å². The van der Waals surface area contributed by atoms with Crippen LogP contribution in [0.25, 0.3) is 0 Å². The number of amides is 1. The molecule has 1 fully saturated rings.